The van der Waals surface area contributed by atoms with E-state index in [0.717, 1.165) is 23.6 Å². The Balaban J connectivity index is 0.000000468. The molecule has 0 aromatic carbocycles. The van der Waals surface area contributed by atoms with Gasteiger partial charge in [-0.1, -0.05) is 24.5 Å². The Labute approximate surface area is 235 Å². The summed E-state index contributed by atoms with van der Waals surface area (Å²) in [6.45, 7) is 11.0. The molecule has 0 aliphatic carbocycles. The summed E-state index contributed by atoms with van der Waals surface area (Å²) in [5.74, 6) is -0.359. The molecule has 0 unspecified atom stereocenters. The molecule has 1 aliphatic heterocycles. The van der Waals surface area contributed by atoms with Crippen molar-refractivity contribution < 1.29 is 50.5 Å². The van der Waals surface area contributed by atoms with Crippen LogP contribution in [0.2, 0.25) is 0 Å². The van der Waals surface area contributed by atoms with E-state index < -0.39 is 5.83 Å². The second-order valence-corrected chi connectivity index (χ2v) is 8.15. The summed E-state index contributed by atoms with van der Waals surface area (Å²) in [5.41, 5.74) is 15.6. The standard InChI is InChI=1S/C16H16F2N3O2S.C7H16N3.Y/c1-5-12(22-3)14(15(23-4)9(2)17)11-8-21(24-18)16-10(11)6-7-13(19)20-16;1-9-4-6-10(3-2-8)7-5-9;/h5-8H,1H2,2-4H3,(H-,19,20);8H,2-7H2,1H3;/q2*-1;/b14-12+,15-9-;;. The van der Waals surface area contributed by atoms with Crippen LogP contribution in [0.1, 0.15) is 12.5 Å². The van der Waals surface area contributed by atoms with Gasteiger partial charge in [0.05, 0.1) is 25.4 Å². The molecular weight excluding hydrogens is 551 g/mol. The quantitative estimate of drug-likeness (QED) is 0.289. The first-order valence-electron chi connectivity index (χ1n) is 10.7. The maximum Gasteiger partial charge on any atom is 0.169 e. The van der Waals surface area contributed by atoms with Gasteiger partial charge in [0.25, 0.3) is 0 Å². The number of nitrogens with zero attached hydrogens (tertiary/aromatic N) is 4. The van der Waals surface area contributed by atoms with E-state index in [0.29, 0.717) is 17.5 Å². The molecule has 1 aliphatic rings. The van der Waals surface area contributed by atoms with Crippen molar-refractivity contribution in [3.63, 3.8) is 0 Å². The van der Waals surface area contributed by atoms with Gasteiger partial charge in [0.1, 0.15) is 11.6 Å². The topological polar surface area (TPSA) is 90.4 Å². The summed E-state index contributed by atoms with van der Waals surface area (Å²) in [6.07, 6.45) is 2.86. The fourth-order valence-electron chi connectivity index (χ4n) is 3.63. The van der Waals surface area contributed by atoms with E-state index in [-0.39, 0.29) is 73.6 Å². The van der Waals surface area contributed by atoms with Crippen molar-refractivity contribution in [3.05, 3.63) is 65.4 Å². The third-order valence-corrected chi connectivity index (χ3v) is 5.81. The number of hydrogen-bond donors (Lipinski definition) is 0. The van der Waals surface area contributed by atoms with Gasteiger partial charge in [-0.05, 0) is 26.6 Å². The predicted octanol–water partition coefficient (Wildman–Crippen LogP) is 5.78. The molecule has 191 valence electrons. The van der Waals surface area contributed by atoms with E-state index in [2.05, 4.69) is 28.4 Å². The first kappa shape index (κ1) is 31.5. The number of hydrogen-bond acceptors (Lipinski definition) is 6. The van der Waals surface area contributed by atoms with Gasteiger partial charge in [-0.3, -0.25) is 3.97 Å². The average molecular weight is 584 g/mol. The third kappa shape index (κ3) is 8.26. The summed E-state index contributed by atoms with van der Waals surface area (Å²) in [5, 5.41) is 0.526. The van der Waals surface area contributed by atoms with Crippen molar-refractivity contribution in [1.82, 2.24) is 18.8 Å². The van der Waals surface area contributed by atoms with Gasteiger partial charge in [0, 0.05) is 76.0 Å². The fraction of sp³-hybridized carbons (Fsp3) is 0.435. The van der Waals surface area contributed by atoms with E-state index in [1.165, 1.54) is 52.6 Å². The smallest absolute Gasteiger partial charge is 0.169 e. The molecule has 2 N–H and O–H groups in total. The summed E-state index contributed by atoms with van der Waals surface area (Å²) in [7, 11) is 4.90. The molecule has 12 heteroatoms. The van der Waals surface area contributed by atoms with E-state index >= 15 is 0 Å². The number of halogens is 2. The maximum atomic E-state index is 14.0. The average Bonchev–Trinajstić information content (AvgIpc) is 3.18. The molecule has 0 amide bonds. The Morgan fingerprint density at radius 1 is 1.23 bits per heavy atom. The fourth-order valence-corrected chi connectivity index (χ4v) is 3.98. The summed E-state index contributed by atoms with van der Waals surface area (Å²) < 4.78 is 38.9. The van der Waals surface area contributed by atoms with Crippen molar-refractivity contribution in [3.8, 4) is 0 Å². The number of fused-ring (bicyclic) bond motifs is 1. The second kappa shape index (κ2) is 15.6. The van der Waals surface area contributed by atoms with Gasteiger partial charge in [0.2, 0.25) is 0 Å². The van der Waals surface area contributed by atoms with Crippen molar-refractivity contribution in [1.29, 1.82) is 0 Å². The van der Waals surface area contributed by atoms with Crippen LogP contribution >= 0.6 is 12.3 Å². The molecule has 1 radical (unpaired) electrons. The van der Waals surface area contributed by atoms with Gasteiger partial charge in [-0.15, -0.1) is 10.4 Å². The normalized spacial score (nSPS) is 15.9. The van der Waals surface area contributed by atoms with E-state index in [9.17, 15) is 8.28 Å². The maximum absolute atomic E-state index is 14.0. The molecular formula is C23H32F2N6O2SY-2. The summed E-state index contributed by atoms with van der Waals surface area (Å²) in [6, 6.07) is 3.08. The Morgan fingerprint density at radius 2 is 1.89 bits per heavy atom. The third-order valence-electron chi connectivity index (χ3n) is 5.38. The minimum atomic E-state index is -0.567. The zero-order valence-electron chi connectivity index (χ0n) is 20.6. The molecule has 0 atom stereocenters. The van der Waals surface area contributed by atoms with Crippen LogP contribution in [-0.4, -0.2) is 79.3 Å². The Bertz CT molecular complexity index is 1030. The Morgan fingerprint density at radius 3 is 2.37 bits per heavy atom. The van der Waals surface area contributed by atoms with Crippen LogP contribution in [0.5, 0.6) is 0 Å². The van der Waals surface area contributed by atoms with E-state index in [1.54, 1.807) is 6.07 Å². The zero-order chi connectivity index (χ0) is 25.3. The SMILES string of the molecule is C=C/C(OC)=C(\C(OC)=C(/C)F)c1cn(SF)c2nc([NH-])ccc12.CN1CCN(CC[NH-])CC1.[Y]. The zero-order valence-corrected chi connectivity index (χ0v) is 24.3. The first-order valence-corrected chi connectivity index (χ1v) is 11.4. The molecule has 0 spiro atoms. The number of pyridine rings is 1. The van der Waals surface area contributed by atoms with Crippen molar-refractivity contribution in [2.24, 2.45) is 0 Å². The summed E-state index contributed by atoms with van der Waals surface area (Å²) >= 11 is -0.0692. The molecule has 0 bridgehead atoms. The molecule has 0 saturated carbocycles. The van der Waals surface area contributed by atoms with Crippen LogP contribution in [0.15, 0.2) is 48.3 Å². The number of rotatable bonds is 8. The number of allylic oxidation sites excluding steroid dienone is 3. The Hall–Kier alpha value is -1.50. The molecule has 1 saturated heterocycles. The van der Waals surface area contributed by atoms with Gasteiger partial charge >= 0.3 is 0 Å². The van der Waals surface area contributed by atoms with Crippen molar-refractivity contribution >= 4 is 34.8 Å². The van der Waals surface area contributed by atoms with Gasteiger partial charge in [-0.25, -0.2) is 4.39 Å². The number of likely N-dealkylation sites (N-methyl/N-ethyl adjacent to an activating group) is 1. The van der Waals surface area contributed by atoms with E-state index in [1.807, 2.05) is 0 Å². The van der Waals surface area contributed by atoms with Crippen molar-refractivity contribution in [2.75, 3.05) is 60.5 Å². The van der Waals surface area contributed by atoms with Gasteiger partial charge in [-0.2, -0.15) is 0 Å². The number of nitrogens with one attached hydrogen (secondary N) is 2. The Kier molecular flexibility index (Phi) is 14.0. The largest absolute Gasteiger partial charge is 0.676 e. The van der Waals surface area contributed by atoms with Crippen LogP contribution in [-0.2, 0) is 42.2 Å². The van der Waals surface area contributed by atoms with Crippen LogP contribution in [0.3, 0.4) is 0 Å². The van der Waals surface area contributed by atoms with Gasteiger partial charge in [0.15, 0.2) is 18.1 Å². The van der Waals surface area contributed by atoms with Crippen LogP contribution in [0.25, 0.3) is 28.1 Å². The van der Waals surface area contributed by atoms with Crippen LogP contribution < -0.4 is 0 Å². The first-order chi connectivity index (χ1) is 16.3. The van der Waals surface area contributed by atoms with Crippen molar-refractivity contribution in [2.45, 2.75) is 6.92 Å². The second-order valence-electron chi connectivity index (χ2n) is 7.61. The number of ether oxygens (including phenoxy) is 2. The van der Waals surface area contributed by atoms with Crippen LogP contribution in [0.4, 0.5) is 14.1 Å². The molecule has 35 heavy (non-hydrogen) atoms. The molecule has 1 fully saturated rings. The molecule has 3 heterocycles. The minimum Gasteiger partial charge on any atom is -0.676 e. The number of piperazine rings is 1. The minimum absolute atomic E-state index is 0. The number of methoxy groups -OCH3 is 2. The predicted molar refractivity (Wildman–Crippen MR) is 136 cm³/mol. The van der Waals surface area contributed by atoms with Gasteiger partial charge < -0.3 is 35.7 Å². The van der Waals surface area contributed by atoms with E-state index in [4.69, 9.17) is 20.9 Å². The van der Waals surface area contributed by atoms with Crippen LogP contribution in [0, 0.1) is 0 Å². The summed E-state index contributed by atoms with van der Waals surface area (Å²) in [4.78, 5) is 8.71. The molecule has 8 nitrogen and oxygen atoms in total. The molecule has 2 aromatic rings. The number of aromatic nitrogens is 2. The molecule has 3 rings (SSSR count). The molecule has 2 aromatic heterocycles. The monoisotopic (exact) mass is 583 g/mol.